The molecule has 1 saturated carbocycles. The Morgan fingerprint density at radius 3 is 3.17 bits per heavy atom. The monoisotopic (exact) mass is 250 g/mol. The second-order valence-electron chi connectivity index (χ2n) is 5.38. The quantitative estimate of drug-likeness (QED) is 0.763. The van der Waals surface area contributed by atoms with E-state index in [9.17, 15) is 9.90 Å². The van der Waals surface area contributed by atoms with E-state index in [0.717, 1.165) is 25.7 Å². The Labute approximate surface area is 105 Å². The molecule has 2 aliphatic rings. The third-order valence-electron chi connectivity index (χ3n) is 4.33. The number of carbonyl (C=O) groups excluding carboxylic acids is 1. The maximum atomic E-state index is 12.2. The number of H-pyrrole nitrogens is 1. The highest BCUT2D eigenvalue weighted by molar-refractivity contribution is 5.90. The summed E-state index contributed by atoms with van der Waals surface area (Å²) in [6.45, 7) is 1.24. The zero-order valence-electron chi connectivity index (χ0n) is 10.3. The van der Waals surface area contributed by atoms with Crippen LogP contribution in [0.15, 0.2) is 6.33 Å². The fourth-order valence-corrected chi connectivity index (χ4v) is 3.21. The lowest BCUT2D eigenvalue weighted by molar-refractivity contribution is -0.0887. The maximum absolute atomic E-state index is 12.2. The van der Waals surface area contributed by atoms with Gasteiger partial charge in [0.25, 0.3) is 5.91 Å². The number of likely N-dealkylation sites (tertiary alicyclic amines) is 1. The van der Waals surface area contributed by atoms with Crippen molar-refractivity contribution in [2.45, 2.75) is 37.7 Å². The Balaban J connectivity index is 1.72. The molecule has 1 amide bonds. The van der Waals surface area contributed by atoms with E-state index in [1.807, 2.05) is 0 Å². The Bertz CT molecular complexity index is 433. The number of aliphatic hydroxyl groups is 1. The molecule has 2 N–H and O–H groups in total. The molecule has 1 aliphatic carbocycles. The van der Waals surface area contributed by atoms with Crippen LogP contribution in [-0.4, -0.2) is 49.8 Å². The van der Waals surface area contributed by atoms with Gasteiger partial charge >= 0.3 is 0 Å². The molecule has 1 saturated heterocycles. The zero-order chi connectivity index (χ0) is 12.6. The summed E-state index contributed by atoms with van der Waals surface area (Å²) in [6.07, 6.45) is 6.16. The SMILES string of the molecule is O=C(c1ncn[nH]1)N1CCC2(O)CCCCC2C1. The van der Waals surface area contributed by atoms with Crippen LogP contribution in [0.4, 0.5) is 0 Å². The van der Waals surface area contributed by atoms with Gasteiger partial charge in [-0.1, -0.05) is 12.8 Å². The number of rotatable bonds is 1. The predicted molar refractivity (Wildman–Crippen MR) is 63.8 cm³/mol. The average molecular weight is 250 g/mol. The Morgan fingerprint density at radius 2 is 2.39 bits per heavy atom. The van der Waals surface area contributed by atoms with E-state index in [2.05, 4.69) is 15.2 Å². The molecule has 0 radical (unpaired) electrons. The smallest absolute Gasteiger partial charge is 0.291 e. The number of aromatic nitrogens is 3. The molecule has 6 heteroatoms. The minimum atomic E-state index is -0.545. The molecule has 2 heterocycles. The fourth-order valence-electron chi connectivity index (χ4n) is 3.21. The molecular formula is C12H18N4O2. The third-order valence-corrected chi connectivity index (χ3v) is 4.33. The summed E-state index contributed by atoms with van der Waals surface area (Å²) in [5.41, 5.74) is -0.545. The number of piperidine rings is 1. The van der Waals surface area contributed by atoms with E-state index < -0.39 is 5.60 Å². The normalized spacial score (nSPS) is 32.1. The van der Waals surface area contributed by atoms with Crippen LogP contribution in [-0.2, 0) is 0 Å². The molecule has 98 valence electrons. The van der Waals surface area contributed by atoms with Crippen LogP contribution in [0.2, 0.25) is 0 Å². The first-order chi connectivity index (χ1) is 8.69. The number of nitrogens with zero attached hydrogens (tertiary/aromatic N) is 3. The van der Waals surface area contributed by atoms with Gasteiger partial charge in [-0.2, -0.15) is 5.10 Å². The van der Waals surface area contributed by atoms with Gasteiger partial charge in [-0.3, -0.25) is 9.89 Å². The van der Waals surface area contributed by atoms with Crippen molar-refractivity contribution in [3.05, 3.63) is 12.2 Å². The summed E-state index contributed by atoms with van der Waals surface area (Å²) < 4.78 is 0. The lowest BCUT2D eigenvalue weighted by Gasteiger charge is -2.47. The highest BCUT2D eigenvalue weighted by Gasteiger charge is 2.44. The van der Waals surface area contributed by atoms with Gasteiger partial charge in [-0.25, -0.2) is 4.98 Å². The molecule has 3 rings (SSSR count). The Kier molecular flexibility index (Phi) is 2.81. The number of hydrogen-bond acceptors (Lipinski definition) is 4. The van der Waals surface area contributed by atoms with Crippen molar-refractivity contribution in [1.29, 1.82) is 0 Å². The standard InChI is InChI=1S/C12H18N4O2/c17-11(10-13-8-14-15-10)16-6-5-12(18)4-2-1-3-9(12)7-16/h8-9,18H,1-7H2,(H,13,14,15). The van der Waals surface area contributed by atoms with Crippen molar-refractivity contribution in [1.82, 2.24) is 20.1 Å². The van der Waals surface area contributed by atoms with Crippen LogP contribution in [0.5, 0.6) is 0 Å². The van der Waals surface area contributed by atoms with E-state index in [4.69, 9.17) is 0 Å². The van der Waals surface area contributed by atoms with Crippen LogP contribution in [0, 0.1) is 5.92 Å². The molecule has 0 spiro atoms. The first-order valence-corrected chi connectivity index (χ1v) is 6.56. The number of amides is 1. The van der Waals surface area contributed by atoms with Crippen molar-refractivity contribution in [3.8, 4) is 0 Å². The topological polar surface area (TPSA) is 82.1 Å². The second kappa shape index (κ2) is 4.35. The van der Waals surface area contributed by atoms with Crippen LogP contribution in [0.1, 0.15) is 42.7 Å². The predicted octanol–water partition coefficient (Wildman–Crippen LogP) is 0.572. The van der Waals surface area contributed by atoms with Gasteiger partial charge in [0.2, 0.25) is 5.82 Å². The summed E-state index contributed by atoms with van der Waals surface area (Å²) in [5, 5.41) is 16.8. The molecule has 18 heavy (non-hydrogen) atoms. The van der Waals surface area contributed by atoms with Gasteiger partial charge < -0.3 is 10.0 Å². The summed E-state index contributed by atoms with van der Waals surface area (Å²) in [4.78, 5) is 17.8. The molecule has 2 atom stereocenters. The minimum Gasteiger partial charge on any atom is -0.389 e. The molecule has 0 bridgehead atoms. The zero-order valence-corrected chi connectivity index (χ0v) is 10.3. The van der Waals surface area contributed by atoms with Crippen molar-refractivity contribution < 1.29 is 9.90 Å². The second-order valence-corrected chi connectivity index (χ2v) is 5.38. The minimum absolute atomic E-state index is 0.111. The highest BCUT2D eigenvalue weighted by atomic mass is 16.3. The number of hydrogen-bond donors (Lipinski definition) is 2. The first-order valence-electron chi connectivity index (χ1n) is 6.56. The average Bonchev–Trinajstić information content (AvgIpc) is 2.90. The molecule has 1 aromatic heterocycles. The molecule has 1 aromatic rings. The molecule has 0 aromatic carbocycles. The van der Waals surface area contributed by atoms with E-state index in [1.54, 1.807) is 4.90 Å². The number of aromatic amines is 1. The van der Waals surface area contributed by atoms with E-state index in [0.29, 0.717) is 19.5 Å². The summed E-state index contributed by atoms with van der Waals surface area (Å²) in [6, 6.07) is 0. The van der Waals surface area contributed by atoms with Gasteiger partial charge in [0.1, 0.15) is 6.33 Å². The van der Waals surface area contributed by atoms with Crippen LogP contribution in [0.25, 0.3) is 0 Å². The van der Waals surface area contributed by atoms with E-state index >= 15 is 0 Å². The van der Waals surface area contributed by atoms with Crippen molar-refractivity contribution in [2.75, 3.05) is 13.1 Å². The number of fused-ring (bicyclic) bond motifs is 1. The molecule has 2 unspecified atom stereocenters. The van der Waals surface area contributed by atoms with Gasteiger partial charge in [0, 0.05) is 19.0 Å². The Morgan fingerprint density at radius 1 is 1.50 bits per heavy atom. The first kappa shape index (κ1) is 11.6. The summed E-state index contributed by atoms with van der Waals surface area (Å²) in [5.74, 6) is 0.392. The van der Waals surface area contributed by atoms with Crippen LogP contribution < -0.4 is 0 Å². The molecule has 6 nitrogen and oxygen atoms in total. The summed E-state index contributed by atoms with van der Waals surface area (Å²) >= 11 is 0. The van der Waals surface area contributed by atoms with Crippen LogP contribution in [0.3, 0.4) is 0 Å². The molecule has 1 aliphatic heterocycles. The van der Waals surface area contributed by atoms with Crippen molar-refractivity contribution in [2.24, 2.45) is 5.92 Å². The van der Waals surface area contributed by atoms with Gasteiger partial charge in [0.05, 0.1) is 5.60 Å². The lowest BCUT2D eigenvalue weighted by atomic mass is 9.71. The Hall–Kier alpha value is -1.43. The van der Waals surface area contributed by atoms with Crippen LogP contribution >= 0.6 is 0 Å². The van der Waals surface area contributed by atoms with E-state index in [1.165, 1.54) is 6.33 Å². The third kappa shape index (κ3) is 1.90. The summed E-state index contributed by atoms with van der Waals surface area (Å²) in [7, 11) is 0. The number of carbonyl (C=O) groups is 1. The van der Waals surface area contributed by atoms with Crippen molar-refractivity contribution >= 4 is 5.91 Å². The maximum Gasteiger partial charge on any atom is 0.291 e. The van der Waals surface area contributed by atoms with E-state index in [-0.39, 0.29) is 17.6 Å². The van der Waals surface area contributed by atoms with Gasteiger partial charge in [-0.05, 0) is 19.3 Å². The van der Waals surface area contributed by atoms with Crippen molar-refractivity contribution in [3.63, 3.8) is 0 Å². The highest BCUT2D eigenvalue weighted by Crippen LogP contribution is 2.39. The fraction of sp³-hybridized carbons (Fsp3) is 0.750. The van der Waals surface area contributed by atoms with Gasteiger partial charge in [-0.15, -0.1) is 0 Å². The van der Waals surface area contributed by atoms with Gasteiger partial charge in [0.15, 0.2) is 0 Å². The largest absolute Gasteiger partial charge is 0.389 e. The lowest BCUT2D eigenvalue weighted by Crippen LogP contribution is -2.54. The molecule has 2 fully saturated rings. The number of nitrogens with one attached hydrogen (secondary N) is 1. The molecular weight excluding hydrogens is 232 g/mol.